The second-order valence-electron chi connectivity index (χ2n) is 2.35. The largest absolute Gasteiger partial charge is 0.395 e. The fraction of sp³-hybridized carbons (Fsp3) is 0.875. The van der Waals surface area contributed by atoms with Crippen LogP contribution in [0.2, 0.25) is 0 Å². The third-order valence-electron chi connectivity index (χ3n) is 1.29. The Kier molecular flexibility index (Phi) is 10.7. The average molecular weight is 176 g/mol. The molecule has 73 valence electrons. The molecule has 0 heterocycles. The van der Waals surface area contributed by atoms with Crippen LogP contribution < -0.4 is 5.32 Å². The van der Waals surface area contributed by atoms with Crippen molar-refractivity contribution >= 4 is 0 Å². The summed E-state index contributed by atoms with van der Waals surface area (Å²) in [5.41, 5.74) is 0. The molecule has 0 amide bonds. The van der Waals surface area contributed by atoms with Gasteiger partial charge in [0.2, 0.25) is 0 Å². The third kappa shape index (κ3) is 9.84. The molecular formula is C8H18NO3. The molecule has 0 aliphatic heterocycles. The lowest BCUT2D eigenvalue weighted by atomic mass is 10.3. The highest BCUT2D eigenvalue weighted by Gasteiger charge is 1.89. The Hall–Kier alpha value is -0.160. The van der Waals surface area contributed by atoms with Gasteiger partial charge in [-0.15, -0.1) is 0 Å². The minimum atomic E-state index is 0.0800. The molecule has 0 aromatic carbocycles. The Bertz CT molecular complexity index is 70.7. The van der Waals surface area contributed by atoms with Crippen molar-refractivity contribution in [3.05, 3.63) is 6.42 Å². The molecule has 0 fully saturated rings. The predicted octanol–water partition coefficient (Wildman–Crippen LogP) is -0.828. The van der Waals surface area contributed by atoms with Crippen LogP contribution in [-0.4, -0.2) is 49.7 Å². The van der Waals surface area contributed by atoms with E-state index in [0.29, 0.717) is 19.8 Å². The Morgan fingerprint density at radius 1 is 1.17 bits per heavy atom. The lowest BCUT2D eigenvalue weighted by Crippen LogP contribution is -2.19. The van der Waals surface area contributed by atoms with Crippen molar-refractivity contribution in [2.75, 3.05) is 39.5 Å². The van der Waals surface area contributed by atoms with E-state index in [1.165, 1.54) is 0 Å². The molecule has 0 saturated heterocycles. The van der Waals surface area contributed by atoms with Gasteiger partial charge in [-0.3, -0.25) is 0 Å². The lowest BCUT2D eigenvalue weighted by molar-refractivity contribution is 0.105. The smallest absolute Gasteiger partial charge is 0.0697 e. The predicted molar refractivity (Wildman–Crippen MR) is 46.8 cm³/mol. The van der Waals surface area contributed by atoms with Gasteiger partial charge in [-0.05, 0) is 19.4 Å². The molecule has 0 atom stereocenters. The molecule has 0 aliphatic rings. The highest BCUT2D eigenvalue weighted by atomic mass is 16.5. The summed E-state index contributed by atoms with van der Waals surface area (Å²) in [7, 11) is 0. The van der Waals surface area contributed by atoms with E-state index in [1.807, 2.05) is 6.42 Å². The lowest BCUT2D eigenvalue weighted by Gasteiger charge is -2.02. The first-order valence-corrected chi connectivity index (χ1v) is 4.23. The van der Waals surface area contributed by atoms with Crippen LogP contribution >= 0.6 is 0 Å². The quantitative estimate of drug-likeness (QED) is 0.401. The van der Waals surface area contributed by atoms with E-state index in [0.717, 1.165) is 13.0 Å². The molecule has 0 aromatic heterocycles. The number of nitrogens with one attached hydrogen (secondary N) is 1. The molecule has 3 N–H and O–H groups in total. The Morgan fingerprint density at radius 3 is 2.67 bits per heavy atom. The fourth-order valence-corrected chi connectivity index (χ4v) is 0.723. The van der Waals surface area contributed by atoms with Gasteiger partial charge >= 0.3 is 0 Å². The van der Waals surface area contributed by atoms with E-state index < -0.39 is 0 Å². The Balaban J connectivity index is 2.73. The molecular weight excluding hydrogens is 158 g/mol. The number of aliphatic hydroxyl groups is 2. The Labute approximate surface area is 73.5 Å². The van der Waals surface area contributed by atoms with E-state index in [2.05, 4.69) is 5.32 Å². The zero-order valence-electron chi connectivity index (χ0n) is 7.33. The van der Waals surface area contributed by atoms with Gasteiger partial charge in [0.05, 0.1) is 19.8 Å². The topological polar surface area (TPSA) is 61.7 Å². The summed E-state index contributed by atoms with van der Waals surface area (Å²) in [6.07, 6.45) is 2.92. The van der Waals surface area contributed by atoms with Gasteiger partial charge in [-0.1, -0.05) is 0 Å². The average Bonchev–Trinajstić information content (AvgIpc) is 2.10. The van der Waals surface area contributed by atoms with Crippen molar-refractivity contribution in [1.29, 1.82) is 0 Å². The van der Waals surface area contributed by atoms with Gasteiger partial charge < -0.3 is 20.3 Å². The second kappa shape index (κ2) is 10.8. The molecule has 0 saturated carbocycles. The van der Waals surface area contributed by atoms with Crippen LogP contribution in [0.25, 0.3) is 0 Å². The van der Waals surface area contributed by atoms with Crippen LogP contribution in [0.5, 0.6) is 0 Å². The fourth-order valence-electron chi connectivity index (χ4n) is 0.723. The van der Waals surface area contributed by atoms with Crippen molar-refractivity contribution in [3.63, 3.8) is 0 Å². The van der Waals surface area contributed by atoms with Crippen molar-refractivity contribution in [2.24, 2.45) is 0 Å². The molecule has 4 nitrogen and oxygen atoms in total. The van der Waals surface area contributed by atoms with Crippen molar-refractivity contribution in [3.8, 4) is 0 Å². The van der Waals surface area contributed by atoms with Crippen molar-refractivity contribution < 1.29 is 14.9 Å². The van der Waals surface area contributed by atoms with Crippen molar-refractivity contribution in [1.82, 2.24) is 5.32 Å². The monoisotopic (exact) mass is 176 g/mol. The summed E-state index contributed by atoms with van der Waals surface area (Å²) in [5.74, 6) is 0. The minimum absolute atomic E-state index is 0.0800. The van der Waals surface area contributed by atoms with Gasteiger partial charge in [0.1, 0.15) is 0 Å². The maximum atomic E-state index is 8.41. The number of hydrogen-bond donors (Lipinski definition) is 3. The maximum Gasteiger partial charge on any atom is 0.0697 e. The Morgan fingerprint density at radius 2 is 2.00 bits per heavy atom. The molecule has 0 rings (SSSR count). The second-order valence-corrected chi connectivity index (χ2v) is 2.35. The SMILES string of the molecule is OCCNCC[CH]COCCO. The van der Waals surface area contributed by atoms with E-state index >= 15 is 0 Å². The van der Waals surface area contributed by atoms with Crippen LogP contribution in [-0.2, 0) is 4.74 Å². The summed E-state index contributed by atoms with van der Waals surface area (Å²) in [5, 5.41) is 19.8. The number of unbranched alkanes of at least 4 members (excludes halogenated alkanes) is 1. The van der Waals surface area contributed by atoms with Crippen LogP contribution in [0.1, 0.15) is 6.42 Å². The zero-order valence-corrected chi connectivity index (χ0v) is 7.33. The molecule has 4 heteroatoms. The molecule has 12 heavy (non-hydrogen) atoms. The molecule has 0 aliphatic carbocycles. The first kappa shape index (κ1) is 11.8. The normalized spacial score (nSPS) is 10.5. The van der Waals surface area contributed by atoms with Gasteiger partial charge in [-0.2, -0.15) is 0 Å². The summed E-state index contributed by atoms with van der Waals surface area (Å²) >= 11 is 0. The zero-order chi connectivity index (χ0) is 9.07. The maximum absolute atomic E-state index is 8.41. The standard InChI is InChI=1S/C8H18NO3/c10-5-4-9-3-1-2-7-12-8-6-11/h2,9-11H,1,3-8H2. The summed E-state index contributed by atoms with van der Waals surface area (Å²) < 4.78 is 5.01. The van der Waals surface area contributed by atoms with Gasteiger partial charge in [0, 0.05) is 13.2 Å². The van der Waals surface area contributed by atoms with Crippen LogP contribution in [0, 0.1) is 6.42 Å². The number of hydrogen-bond acceptors (Lipinski definition) is 4. The first-order valence-electron chi connectivity index (χ1n) is 4.23. The highest BCUT2D eigenvalue weighted by Crippen LogP contribution is 1.86. The van der Waals surface area contributed by atoms with Gasteiger partial charge in [0.25, 0.3) is 0 Å². The number of aliphatic hydroxyl groups excluding tert-OH is 2. The molecule has 0 unspecified atom stereocenters. The first-order chi connectivity index (χ1) is 5.91. The van der Waals surface area contributed by atoms with E-state index in [1.54, 1.807) is 0 Å². The highest BCUT2D eigenvalue weighted by molar-refractivity contribution is 4.64. The molecule has 0 bridgehead atoms. The minimum Gasteiger partial charge on any atom is -0.395 e. The van der Waals surface area contributed by atoms with E-state index in [-0.39, 0.29) is 13.2 Å². The molecule has 0 spiro atoms. The molecule has 1 radical (unpaired) electrons. The van der Waals surface area contributed by atoms with Crippen molar-refractivity contribution in [2.45, 2.75) is 6.42 Å². The third-order valence-corrected chi connectivity index (χ3v) is 1.29. The summed E-state index contributed by atoms with van der Waals surface area (Å²) in [6, 6.07) is 0. The number of ether oxygens (including phenoxy) is 1. The summed E-state index contributed by atoms with van der Waals surface area (Å²) in [6.45, 7) is 2.76. The molecule has 0 aromatic rings. The van der Waals surface area contributed by atoms with E-state index in [9.17, 15) is 0 Å². The van der Waals surface area contributed by atoms with Crippen LogP contribution in [0.4, 0.5) is 0 Å². The van der Waals surface area contributed by atoms with E-state index in [4.69, 9.17) is 14.9 Å². The van der Waals surface area contributed by atoms with Gasteiger partial charge in [-0.25, -0.2) is 0 Å². The van der Waals surface area contributed by atoms with Crippen LogP contribution in [0.15, 0.2) is 0 Å². The van der Waals surface area contributed by atoms with Gasteiger partial charge in [0.15, 0.2) is 0 Å². The van der Waals surface area contributed by atoms with Crippen LogP contribution in [0.3, 0.4) is 0 Å². The number of rotatable bonds is 9. The summed E-state index contributed by atoms with van der Waals surface area (Å²) in [4.78, 5) is 0.